The Morgan fingerprint density at radius 3 is 2.24 bits per heavy atom. The number of halogens is 3. The van der Waals surface area contributed by atoms with E-state index in [-0.39, 0.29) is 12.5 Å². The molecule has 25 heavy (non-hydrogen) atoms. The normalized spacial score (nSPS) is 17.7. The highest BCUT2D eigenvalue weighted by atomic mass is 19.4. The quantitative estimate of drug-likeness (QED) is 0.527. The minimum Gasteiger partial charge on any atom is -0.355 e. The summed E-state index contributed by atoms with van der Waals surface area (Å²) in [6.07, 6.45) is -0.480. The molecule has 146 valence electrons. The number of nitrogens with zero attached hydrogens (tertiary/aromatic N) is 3. The second kappa shape index (κ2) is 9.26. The molecule has 1 aliphatic carbocycles. The fourth-order valence-corrected chi connectivity index (χ4v) is 3.22. The minimum atomic E-state index is -4.20. The van der Waals surface area contributed by atoms with Gasteiger partial charge in [-0.15, -0.1) is 0 Å². The van der Waals surface area contributed by atoms with E-state index >= 15 is 0 Å². The summed E-state index contributed by atoms with van der Waals surface area (Å²) in [6.45, 7) is 0.103. The van der Waals surface area contributed by atoms with Crippen LogP contribution in [0.3, 0.4) is 0 Å². The third-order valence-corrected chi connectivity index (χ3v) is 4.47. The molecule has 0 aromatic heterocycles. The van der Waals surface area contributed by atoms with Gasteiger partial charge in [-0.3, -0.25) is 14.7 Å². The number of hydrogen-bond acceptors (Lipinski definition) is 3. The van der Waals surface area contributed by atoms with E-state index in [1.54, 1.807) is 26.0 Å². The van der Waals surface area contributed by atoms with Gasteiger partial charge in [0.25, 0.3) is 0 Å². The van der Waals surface area contributed by atoms with Gasteiger partial charge in [-0.2, -0.15) is 13.2 Å². The number of alkyl halides is 3. The van der Waals surface area contributed by atoms with Gasteiger partial charge in [0.2, 0.25) is 5.91 Å². The van der Waals surface area contributed by atoms with Crippen molar-refractivity contribution in [1.82, 2.24) is 20.4 Å². The number of carbonyl (C=O) groups excluding carboxylic acids is 1. The standard InChI is InChI=1S/C16H30F3N5O/c1-20-14(21-9-10-24(4)12-16(17,18)19)22-11-15(7-5-6-8-15)13(25)23(2)3/h5-12H2,1-4H3,(H2,20,21,22). The molecule has 0 bridgehead atoms. The summed E-state index contributed by atoms with van der Waals surface area (Å²) < 4.78 is 36.9. The SMILES string of the molecule is CN=C(NCCN(C)CC(F)(F)F)NCC1(C(=O)N(C)C)CCCC1. The van der Waals surface area contributed by atoms with Crippen molar-refractivity contribution < 1.29 is 18.0 Å². The van der Waals surface area contributed by atoms with Crippen molar-refractivity contribution in [3.05, 3.63) is 0 Å². The predicted molar refractivity (Wildman–Crippen MR) is 92.5 cm³/mol. The summed E-state index contributed by atoms with van der Waals surface area (Å²) >= 11 is 0. The van der Waals surface area contributed by atoms with Crippen LogP contribution in [-0.4, -0.2) is 82.2 Å². The van der Waals surface area contributed by atoms with Crippen LogP contribution in [0.5, 0.6) is 0 Å². The molecule has 0 aromatic carbocycles. The van der Waals surface area contributed by atoms with E-state index < -0.39 is 18.1 Å². The third kappa shape index (κ3) is 7.09. The van der Waals surface area contributed by atoms with Crippen LogP contribution in [0.25, 0.3) is 0 Å². The highest BCUT2D eigenvalue weighted by molar-refractivity contribution is 5.85. The van der Waals surface area contributed by atoms with Crippen molar-refractivity contribution in [3.8, 4) is 0 Å². The number of hydrogen-bond donors (Lipinski definition) is 2. The van der Waals surface area contributed by atoms with Crippen molar-refractivity contribution >= 4 is 11.9 Å². The lowest BCUT2D eigenvalue weighted by atomic mass is 9.84. The predicted octanol–water partition coefficient (Wildman–Crippen LogP) is 1.29. The van der Waals surface area contributed by atoms with Crippen molar-refractivity contribution in [2.45, 2.75) is 31.9 Å². The molecule has 1 rings (SSSR count). The first-order valence-electron chi connectivity index (χ1n) is 8.51. The number of amides is 1. The summed E-state index contributed by atoms with van der Waals surface area (Å²) in [5, 5.41) is 6.16. The number of carbonyl (C=O) groups is 1. The molecule has 0 heterocycles. The molecule has 0 radical (unpaired) electrons. The Hall–Kier alpha value is -1.51. The maximum atomic E-state index is 12.5. The second-order valence-corrected chi connectivity index (χ2v) is 6.89. The molecule has 6 nitrogen and oxygen atoms in total. The van der Waals surface area contributed by atoms with Gasteiger partial charge in [0.15, 0.2) is 5.96 Å². The lowest BCUT2D eigenvalue weighted by Gasteiger charge is -2.31. The van der Waals surface area contributed by atoms with Crippen molar-refractivity contribution in [3.63, 3.8) is 0 Å². The maximum absolute atomic E-state index is 12.5. The number of guanidine groups is 1. The van der Waals surface area contributed by atoms with Crippen LogP contribution < -0.4 is 10.6 Å². The van der Waals surface area contributed by atoms with Crippen LogP contribution in [0.15, 0.2) is 4.99 Å². The zero-order valence-corrected chi connectivity index (χ0v) is 15.5. The van der Waals surface area contributed by atoms with Crippen molar-refractivity contribution in [1.29, 1.82) is 0 Å². The molecule has 0 atom stereocenters. The van der Waals surface area contributed by atoms with E-state index in [1.165, 1.54) is 11.9 Å². The lowest BCUT2D eigenvalue weighted by Crippen LogP contribution is -2.50. The number of aliphatic imine (C=N–C) groups is 1. The zero-order valence-electron chi connectivity index (χ0n) is 15.5. The molecular formula is C16H30F3N5O. The average Bonchev–Trinajstić information content (AvgIpc) is 2.98. The van der Waals surface area contributed by atoms with Crippen LogP contribution in [0, 0.1) is 5.41 Å². The van der Waals surface area contributed by atoms with Crippen LogP contribution in [0.4, 0.5) is 13.2 Å². The van der Waals surface area contributed by atoms with E-state index in [0.29, 0.717) is 19.0 Å². The topological polar surface area (TPSA) is 60.0 Å². The first kappa shape index (κ1) is 21.5. The van der Waals surface area contributed by atoms with Gasteiger partial charge in [0.1, 0.15) is 0 Å². The van der Waals surface area contributed by atoms with E-state index in [4.69, 9.17) is 0 Å². The average molecular weight is 365 g/mol. The Morgan fingerprint density at radius 1 is 1.16 bits per heavy atom. The first-order chi connectivity index (χ1) is 11.6. The molecule has 0 spiro atoms. The molecule has 0 aromatic rings. The molecule has 1 amide bonds. The van der Waals surface area contributed by atoms with Gasteiger partial charge in [-0.25, -0.2) is 0 Å². The largest absolute Gasteiger partial charge is 0.401 e. The maximum Gasteiger partial charge on any atom is 0.401 e. The fraction of sp³-hybridized carbons (Fsp3) is 0.875. The number of rotatable bonds is 7. The molecular weight excluding hydrogens is 335 g/mol. The molecule has 1 saturated carbocycles. The molecule has 1 fully saturated rings. The molecule has 0 aliphatic heterocycles. The molecule has 0 saturated heterocycles. The van der Waals surface area contributed by atoms with Crippen LogP contribution in [0.1, 0.15) is 25.7 Å². The second-order valence-electron chi connectivity index (χ2n) is 6.89. The minimum absolute atomic E-state index is 0.109. The molecule has 1 aliphatic rings. The van der Waals surface area contributed by atoms with Gasteiger partial charge in [-0.05, 0) is 19.9 Å². The Kier molecular flexibility index (Phi) is 7.98. The summed E-state index contributed by atoms with van der Waals surface area (Å²) in [5.74, 6) is 0.608. The Morgan fingerprint density at radius 2 is 1.76 bits per heavy atom. The summed E-state index contributed by atoms with van der Waals surface area (Å²) in [4.78, 5) is 19.4. The third-order valence-electron chi connectivity index (χ3n) is 4.47. The summed E-state index contributed by atoms with van der Waals surface area (Å²) in [5.41, 5.74) is -0.422. The van der Waals surface area contributed by atoms with Gasteiger partial charge in [0.05, 0.1) is 12.0 Å². The summed E-state index contributed by atoms with van der Waals surface area (Å²) in [6, 6.07) is 0. The highest BCUT2D eigenvalue weighted by Gasteiger charge is 2.42. The fourth-order valence-electron chi connectivity index (χ4n) is 3.22. The van der Waals surface area contributed by atoms with Gasteiger partial charge in [-0.1, -0.05) is 12.8 Å². The Balaban J connectivity index is 2.47. The van der Waals surface area contributed by atoms with E-state index in [0.717, 1.165) is 25.7 Å². The lowest BCUT2D eigenvalue weighted by molar-refractivity contribution is -0.142. The van der Waals surface area contributed by atoms with Gasteiger partial charge >= 0.3 is 6.18 Å². The van der Waals surface area contributed by atoms with Crippen molar-refractivity contribution in [2.24, 2.45) is 10.4 Å². The highest BCUT2D eigenvalue weighted by Crippen LogP contribution is 2.38. The number of nitrogens with one attached hydrogen (secondary N) is 2. The molecule has 2 N–H and O–H groups in total. The van der Waals surface area contributed by atoms with Crippen LogP contribution in [-0.2, 0) is 4.79 Å². The van der Waals surface area contributed by atoms with Gasteiger partial charge in [0, 0.05) is 40.8 Å². The Bertz CT molecular complexity index is 459. The van der Waals surface area contributed by atoms with Crippen LogP contribution in [0.2, 0.25) is 0 Å². The number of likely N-dealkylation sites (N-methyl/N-ethyl adjacent to an activating group) is 1. The smallest absolute Gasteiger partial charge is 0.355 e. The van der Waals surface area contributed by atoms with Crippen molar-refractivity contribution in [2.75, 3.05) is 54.4 Å². The van der Waals surface area contributed by atoms with E-state index in [1.807, 2.05) is 0 Å². The molecule has 9 heteroatoms. The van der Waals surface area contributed by atoms with E-state index in [9.17, 15) is 18.0 Å². The zero-order chi connectivity index (χ0) is 19.1. The Labute approximate surface area is 147 Å². The van der Waals surface area contributed by atoms with Crippen LogP contribution >= 0.6 is 0 Å². The molecule has 0 unspecified atom stereocenters. The van der Waals surface area contributed by atoms with Gasteiger partial charge < -0.3 is 15.5 Å². The summed E-state index contributed by atoms with van der Waals surface area (Å²) in [7, 11) is 6.54. The van der Waals surface area contributed by atoms with E-state index in [2.05, 4.69) is 15.6 Å². The monoisotopic (exact) mass is 365 g/mol. The first-order valence-corrected chi connectivity index (χ1v) is 8.51.